The van der Waals surface area contributed by atoms with E-state index in [4.69, 9.17) is 0 Å². The van der Waals surface area contributed by atoms with Crippen LogP contribution in [-0.4, -0.2) is 25.0 Å². The van der Waals surface area contributed by atoms with Gasteiger partial charge in [0.15, 0.2) is 0 Å². The van der Waals surface area contributed by atoms with Crippen LogP contribution in [0.5, 0.6) is 0 Å². The molecule has 0 spiro atoms. The third-order valence-corrected chi connectivity index (χ3v) is 3.81. The van der Waals surface area contributed by atoms with Gasteiger partial charge in [-0.15, -0.1) is 0 Å². The SMILES string of the molecule is CN(C)NC(=O)C1(c2ccc3ccccc3c2)CC1. The monoisotopic (exact) mass is 254 g/mol. The summed E-state index contributed by atoms with van der Waals surface area (Å²) >= 11 is 0. The number of hydrogen-bond acceptors (Lipinski definition) is 2. The number of carbonyl (C=O) groups is 1. The molecule has 1 aliphatic rings. The van der Waals surface area contributed by atoms with Crippen molar-refractivity contribution in [2.75, 3.05) is 14.1 Å². The molecule has 3 heteroatoms. The molecule has 3 nitrogen and oxygen atoms in total. The largest absolute Gasteiger partial charge is 0.289 e. The van der Waals surface area contributed by atoms with Gasteiger partial charge >= 0.3 is 0 Å². The summed E-state index contributed by atoms with van der Waals surface area (Å²) in [6, 6.07) is 14.6. The van der Waals surface area contributed by atoms with Gasteiger partial charge in [0.25, 0.3) is 0 Å². The lowest BCUT2D eigenvalue weighted by Crippen LogP contribution is -2.42. The van der Waals surface area contributed by atoms with Crippen LogP contribution in [0, 0.1) is 0 Å². The highest BCUT2D eigenvalue weighted by Crippen LogP contribution is 2.48. The second-order valence-corrected chi connectivity index (χ2v) is 5.48. The van der Waals surface area contributed by atoms with Crippen molar-refractivity contribution in [1.29, 1.82) is 0 Å². The van der Waals surface area contributed by atoms with Gasteiger partial charge in [-0.05, 0) is 29.2 Å². The van der Waals surface area contributed by atoms with Gasteiger partial charge in [-0.3, -0.25) is 10.2 Å². The molecule has 3 rings (SSSR count). The second kappa shape index (κ2) is 4.35. The molecule has 98 valence electrons. The van der Waals surface area contributed by atoms with Crippen molar-refractivity contribution in [3.8, 4) is 0 Å². The van der Waals surface area contributed by atoms with Gasteiger partial charge in [-0.1, -0.05) is 42.5 Å². The summed E-state index contributed by atoms with van der Waals surface area (Å²) in [7, 11) is 3.68. The number of carbonyl (C=O) groups excluding carboxylic acids is 1. The van der Waals surface area contributed by atoms with Crippen LogP contribution in [-0.2, 0) is 10.2 Å². The van der Waals surface area contributed by atoms with Crippen LogP contribution in [0.1, 0.15) is 18.4 Å². The first-order valence-corrected chi connectivity index (χ1v) is 6.59. The van der Waals surface area contributed by atoms with E-state index in [2.05, 4.69) is 35.8 Å². The van der Waals surface area contributed by atoms with Crippen LogP contribution < -0.4 is 5.43 Å². The summed E-state index contributed by atoms with van der Waals surface area (Å²) < 4.78 is 0. The lowest BCUT2D eigenvalue weighted by molar-refractivity contribution is -0.127. The molecule has 0 aromatic heterocycles. The fraction of sp³-hybridized carbons (Fsp3) is 0.312. The maximum atomic E-state index is 12.3. The van der Waals surface area contributed by atoms with Crippen LogP contribution in [0.4, 0.5) is 0 Å². The van der Waals surface area contributed by atoms with E-state index in [1.807, 2.05) is 26.2 Å². The quantitative estimate of drug-likeness (QED) is 0.853. The Balaban J connectivity index is 1.97. The first kappa shape index (κ1) is 12.2. The fourth-order valence-corrected chi connectivity index (χ4v) is 2.57. The third-order valence-electron chi connectivity index (χ3n) is 3.81. The zero-order chi connectivity index (χ0) is 13.5. The number of amides is 1. The van der Waals surface area contributed by atoms with Crippen LogP contribution >= 0.6 is 0 Å². The van der Waals surface area contributed by atoms with Gasteiger partial charge in [-0.25, -0.2) is 5.01 Å². The summed E-state index contributed by atoms with van der Waals surface area (Å²) in [5.74, 6) is 0.104. The van der Waals surface area contributed by atoms with Crippen molar-refractivity contribution in [2.24, 2.45) is 0 Å². The Kier molecular flexibility index (Phi) is 2.79. The molecule has 19 heavy (non-hydrogen) atoms. The summed E-state index contributed by atoms with van der Waals surface area (Å²) in [6.07, 6.45) is 1.87. The minimum atomic E-state index is -0.311. The standard InChI is InChI=1S/C16H18N2O/c1-18(2)17-15(19)16(9-10-16)14-8-7-12-5-3-4-6-13(12)11-14/h3-8,11H,9-10H2,1-2H3,(H,17,19). The van der Waals surface area contributed by atoms with Crippen LogP contribution in [0.3, 0.4) is 0 Å². The highest BCUT2D eigenvalue weighted by molar-refractivity contribution is 5.93. The minimum absolute atomic E-state index is 0.104. The lowest BCUT2D eigenvalue weighted by atomic mass is 9.93. The van der Waals surface area contributed by atoms with E-state index in [-0.39, 0.29) is 11.3 Å². The maximum absolute atomic E-state index is 12.3. The van der Waals surface area contributed by atoms with Gasteiger partial charge < -0.3 is 0 Å². The predicted molar refractivity (Wildman–Crippen MR) is 76.7 cm³/mol. The molecule has 0 saturated heterocycles. The van der Waals surface area contributed by atoms with Crippen LogP contribution in [0.2, 0.25) is 0 Å². The molecule has 0 aliphatic heterocycles. The average Bonchev–Trinajstić information content (AvgIpc) is 3.19. The first-order valence-electron chi connectivity index (χ1n) is 6.59. The van der Waals surface area contributed by atoms with E-state index in [1.165, 1.54) is 10.8 Å². The Hall–Kier alpha value is -1.87. The maximum Gasteiger partial charge on any atom is 0.244 e. The molecular weight excluding hydrogens is 236 g/mol. The molecule has 1 fully saturated rings. The lowest BCUT2D eigenvalue weighted by Gasteiger charge is -2.19. The topological polar surface area (TPSA) is 32.3 Å². The van der Waals surface area contributed by atoms with Crippen molar-refractivity contribution in [3.63, 3.8) is 0 Å². The third kappa shape index (κ3) is 2.10. The molecule has 2 aromatic rings. The number of hydrazine groups is 1. The summed E-state index contributed by atoms with van der Waals surface area (Å²) in [5, 5.41) is 4.13. The number of nitrogens with zero attached hydrogens (tertiary/aromatic N) is 1. The Morgan fingerprint density at radius 1 is 1.11 bits per heavy atom. The van der Waals surface area contributed by atoms with Crippen molar-refractivity contribution >= 4 is 16.7 Å². The second-order valence-electron chi connectivity index (χ2n) is 5.48. The zero-order valence-electron chi connectivity index (χ0n) is 11.3. The Labute approximate surface area is 113 Å². The fourth-order valence-electron chi connectivity index (χ4n) is 2.57. The highest BCUT2D eigenvalue weighted by atomic mass is 16.2. The van der Waals surface area contributed by atoms with Crippen molar-refractivity contribution in [2.45, 2.75) is 18.3 Å². The normalized spacial score (nSPS) is 16.6. The van der Waals surface area contributed by atoms with E-state index in [0.717, 1.165) is 18.4 Å². The molecule has 1 aliphatic carbocycles. The number of nitrogens with one attached hydrogen (secondary N) is 1. The van der Waals surface area contributed by atoms with Crippen LogP contribution in [0.25, 0.3) is 10.8 Å². The highest BCUT2D eigenvalue weighted by Gasteiger charge is 2.51. The Morgan fingerprint density at radius 2 is 1.79 bits per heavy atom. The van der Waals surface area contributed by atoms with Gasteiger partial charge in [0, 0.05) is 14.1 Å². The predicted octanol–water partition coefficient (Wildman–Crippen LogP) is 2.46. The molecule has 1 saturated carbocycles. The minimum Gasteiger partial charge on any atom is -0.289 e. The van der Waals surface area contributed by atoms with Gasteiger partial charge in [0.05, 0.1) is 5.41 Å². The van der Waals surface area contributed by atoms with Crippen LogP contribution in [0.15, 0.2) is 42.5 Å². The molecule has 0 unspecified atom stereocenters. The zero-order valence-corrected chi connectivity index (χ0v) is 11.3. The van der Waals surface area contributed by atoms with Crippen molar-refractivity contribution in [3.05, 3.63) is 48.0 Å². The van der Waals surface area contributed by atoms with Crippen molar-refractivity contribution < 1.29 is 4.79 Å². The molecule has 1 N–H and O–H groups in total. The first-order chi connectivity index (χ1) is 9.12. The molecule has 0 atom stereocenters. The van der Waals surface area contributed by atoms with Gasteiger partial charge in [-0.2, -0.15) is 0 Å². The molecule has 2 aromatic carbocycles. The van der Waals surface area contributed by atoms with Gasteiger partial charge in [0.1, 0.15) is 0 Å². The Morgan fingerprint density at radius 3 is 2.42 bits per heavy atom. The molecular formula is C16H18N2O. The van der Waals surface area contributed by atoms with E-state index in [1.54, 1.807) is 5.01 Å². The molecule has 0 heterocycles. The number of fused-ring (bicyclic) bond motifs is 1. The summed E-state index contributed by atoms with van der Waals surface area (Å²) in [4.78, 5) is 12.3. The van der Waals surface area contributed by atoms with Crippen molar-refractivity contribution in [1.82, 2.24) is 10.4 Å². The van der Waals surface area contributed by atoms with E-state index in [0.29, 0.717) is 0 Å². The average molecular weight is 254 g/mol. The van der Waals surface area contributed by atoms with E-state index >= 15 is 0 Å². The van der Waals surface area contributed by atoms with E-state index < -0.39 is 0 Å². The number of hydrogen-bond donors (Lipinski definition) is 1. The molecule has 0 bridgehead atoms. The number of benzene rings is 2. The molecule has 1 amide bonds. The Bertz CT molecular complexity index is 629. The smallest absolute Gasteiger partial charge is 0.244 e. The number of rotatable bonds is 3. The van der Waals surface area contributed by atoms with E-state index in [9.17, 15) is 4.79 Å². The summed E-state index contributed by atoms with van der Waals surface area (Å²) in [6.45, 7) is 0. The van der Waals surface area contributed by atoms with Gasteiger partial charge in [0.2, 0.25) is 5.91 Å². The molecule has 0 radical (unpaired) electrons. The summed E-state index contributed by atoms with van der Waals surface area (Å²) in [5.41, 5.74) is 3.71.